The topological polar surface area (TPSA) is 53.4 Å². The first-order valence-electron chi connectivity index (χ1n) is 7.03. The third kappa shape index (κ3) is 2.22. The molecule has 0 aromatic carbocycles. The Morgan fingerprint density at radius 3 is 2.41 bits per heavy atom. The van der Waals surface area contributed by atoms with Crippen LogP contribution in [0.1, 0.15) is 19.3 Å². The van der Waals surface area contributed by atoms with E-state index in [0.717, 1.165) is 32.7 Å². The maximum absolute atomic E-state index is 5.01. The Kier molecular flexibility index (Phi) is 3.63. The fourth-order valence-corrected chi connectivity index (χ4v) is 3.36. The second kappa shape index (κ2) is 5.20. The van der Waals surface area contributed by atoms with Gasteiger partial charge in [0.05, 0.1) is 6.17 Å². The third-order valence-corrected chi connectivity index (χ3v) is 4.25. The number of hydrogen-bond donors (Lipinski definition) is 3. The average Bonchev–Trinajstić information content (AvgIpc) is 2.95. The zero-order chi connectivity index (χ0) is 11.6. The van der Waals surface area contributed by atoms with Crippen LogP contribution >= 0.6 is 0 Å². The summed E-state index contributed by atoms with van der Waals surface area (Å²) in [4.78, 5) is 2.60. The van der Waals surface area contributed by atoms with Gasteiger partial charge in [0.1, 0.15) is 5.66 Å². The summed E-state index contributed by atoms with van der Waals surface area (Å²) in [7, 11) is 0. The molecule has 0 spiro atoms. The quantitative estimate of drug-likeness (QED) is 0.571. The van der Waals surface area contributed by atoms with Gasteiger partial charge in [0.2, 0.25) is 0 Å². The van der Waals surface area contributed by atoms with Gasteiger partial charge in [0, 0.05) is 45.8 Å². The van der Waals surface area contributed by atoms with E-state index in [1.54, 1.807) is 0 Å². The minimum Gasteiger partial charge on any atom is -0.312 e. The number of rotatable bonds is 2. The highest BCUT2D eigenvalue weighted by atomic mass is 15.4. The van der Waals surface area contributed by atoms with Crippen LogP contribution in [0, 0.1) is 0 Å². The summed E-state index contributed by atoms with van der Waals surface area (Å²) in [6.07, 6.45) is 4.35. The summed E-state index contributed by atoms with van der Waals surface area (Å²) < 4.78 is 0. The van der Waals surface area contributed by atoms with Crippen LogP contribution in [-0.2, 0) is 0 Å². The number of likely N-dealkylation sites (tertiary alicyclic amines) is 1. The van der Waals surface area contributed by atoms with E-state index < -0.39 is 0 Å². The minimum absolute atomic E-state index is 0.0465. The van der Waals surface area contributed by atoms with Crippen LogP contribution in [-0.4, -0.2) is 62.5 Å². The number of piperidine rings is 1. The van der Waals surface area contributed by atoms with Crippen LogP contribution in [0.15, 0.2) is 0 Å². The zero-order valence-corrected chi connectivity index (χ0v) is 10.5. The molecule has 0 aromatic rings. The number of nitrogens with zero attached hydrogens (tertiary/aromatic N) is 2. The Labute approximate surface area is 104 Å². The summed E-state index contributed by atoms with van der Waals surface area (Å²) >= 11 is 0. The zero-order valence-electron chi connectivity index (χ0n) is 10.5. The summed E-state index contributed by atoms with van der Waals surface area (Å²) in [5, 5.41) is 15.7. The Morgan fingerprint density at radius 1 is 1.00 bits per heavy atom. The van der Waals surface area contributed by atoms with Gasteiger partial charge in [0.25, 0.3) is 0 Å². The van der Waals surface area contributed by atoms with Gasteiger partial charge in [-0.2, -0.15) is 0 Å². The second-order valence-corrected chi connectivity index (χ2v) is 5.33. The molecule has 3 N–H and O–H groups in total. The van der Waals surface area contributed by atoms with Crippen LogP contribution in [0.2, 0.25) is 0 Å². The maximum Gasteiger partial charge on any atom is 0.129 e. The molecule has 0 amide bonds. The van der Waals surface area contributed by atoms with E-state index in [-0.39, 0.29) is 5.66 Å². The van der Waals surface area contributed by atoms with Crippen molar-refractivity contribution in [3.05, 3.63) is 0 Å². The second-order valence-electron chi connectivity index (χ2n) is 5.33. The normalized spacial score (nSPS) is 37.4. The SMILES string of the molecule is C1CCN(C2(C3NCCN3)CNCC[N]2)CC1. The van der Waals surface area contributed by atoms with E-state index in [2.05, 4.69) is 20.9 Å². The molecule has 0 saturated carbocycles. The fraction of sp³-hybridized carbons (Fsp3) is 1.00. The molecule has 0 aliphatic carbocycles. The molecule has 3 heterocycles. The number of nitrogens with one attached hydrogen (secondary N) is 3. The fourth-order valence-electron chi connectivity index (χ4n) is 3.36. The van der Waals surface area contributed by atoms with Crippen molar-refractivity contribution in [1.29, 1.82) is 0 Å². The van der Waals surface area contributed by atoms with Crippen molar-refractivity contribution in [1.82, 2.24) is 26.2 Å². The molecule has 3 aliphatic rings. The lowest BCUT2D eigenvalue weighted by molar-refractivity contribution is -0.0102. The first-order chi connectivity index (χ1) is 8.42. The van der Waals surface area contributed by atoms with Gasteiger partial charge in [0.15, 0.2) is 0 Å². The molecule has 0 aromatic heterocycles. The van der Waals surface area contributed by atoms with Crippen molar-refractivity contribution < 1.29 is 0 Å². The molecule has 3 aliphatic heterocycles. The van der Waals surface area contributed by atoms with E-state index in [9.17, 15) is 0 Å². The van der Waals surface area contributed by atoms with Crippen molar-refractivity contribution in [3.8, 4) is 0 Å². The van der Waals surface area contributed by atoms with Gasteiger partial charge in [-0.25, -0.2) is 5.32 Å². The number of hydrogen-bond acceptors (Lipinski definition) is 4. The molecule has 0 bridgehead atoms. The van der Waals surface area contributed by atoms with Gasteiger partial charge < -0.3 is 5.32 Å². The average molecular weight is 238 g/mol. The monoisotopic (exact) mass is 238 g/mol. The van der Waals surface area contributed by atoms with Gasteiger partial charge in [-0.15, -0.1) is 0 Å². The van der Waals surface area contributed by atoms with E-state index in [4.69, 9.17) is 5.32 Å². The van der Waals surface area contributed by atoms with E-state index in [1.807, 2.05) is 0 Å². The predicted molar refractivity (Wildman–Crippen MR) is 67.8 cm³/mol. The highest BCUT2D eigenvalue weighted by molar-refractivity contribution is 5.03. The van der Waals surface area contributed by atoms with Gasteiger partial charge >= 0.3 is 0 Å². The summed E-state index contributed by atoms with van der Waals surface area (Å²) in [5.41, 5.74) is -0.0465. The third-order valence-electron chi connectivity index (χ3n) is 4.25. The first kappa shape index (κ1) is 11.9. The van der Waals surface area contributed by atoms with E-state index >= 15 is 0 Å². The van der Waals surface area contributed by atoms with Gasteiger partial charge in [-0.3, -0.25) is 15.5 Å². The van der Waals surface area contributed by atoms with Crippen LogP contribution in [0.5, 0.6) is 0 Å². The lowest BCUT2D eigenvalue weighted by atomic mass is 9.98. The van der Waals surface area contributed by atoms with Crippen molar-refractivity contribution >= 4 is 0 Å². The number of piperazine rings is 1. The van der Waals surface area contributed by atoms with Gasteiger partial charge in [-0.05, 0) is 12.8 Å². The molecular weight excluding hydrogens is 214 g/mol. The molecule has 97 valence electrons. The minimum atomic E-state index is -0.0465. The van der Waals surface area contributed by atoms with Gasteiger partial charge in [-0.1, -0.05) is 6.42 Å². The summed E-state index contributed by atoms with van der Waals surface area (Å²) in [6.45, 7) is 7.48. The highest BCUT2D eigenvalue weighted by Crippen LogP contribution is 2.24. The Morgan fingerprint density at radius 2 is 1.76 bits per heavy atom. The Balaban J connectivity index is 1.78. The standard InChI is InChI=1S/C12H24N5/c1-2-8-17(9-3-1)12(10-13-4-7-16-12)11-14-5-6-15-11/h11,13-15H,1-10H2. The highest BCUT2D eigenvalue weighted by Gasteiger charge is 2.47. The first-order valence-corrected chi connectivity index (χ1v) is 7.03. The molecule has 1 radical (unpaired) electrons. The summed E-state index contributed by atoms with van der Waals surface area (Å²) in [5.74, 6) is 0. The molecule has 17 heavy (non-hydrogen) atoms. The molecule has 1 unspecified atom stereocenters. The Bertz CT molecular complexity index is 239. The smallest absolute Gasteiger partial charge is 0.129 e. The molecule has 5 heteroatoms. The largest absolute Gasteiger partial charge is 0.312 e. The summed E-state index contributed by atoms with van der Waals surface area (Å²) in [6, 6.07) is 0. The molecular formula is C12H24N5. The lowest BCUT2D eigenvalue weighted by Crippen LogP contribution is -2.75. The molecule has 1 atom stereocenters. The predicted octanol–water partition coefficient (Wildman–Crippen LogP) is -1.10. The van der Waals surface area contributed by atoms with E-state index in [0.29, 0.717) is 6.17 Å². The maximum atomic E-state index is 5.01. The molecule has 3 rings (SSSR count). The lowest BCUT2D eigenvalue weighted by Gasteiger charge is -2.50. The van der Waals surface area contributed by atoms with Crippen LogP contribution in [0.25, 0.3) is 0 Å². The Hall–Kier alpha value is -0.200. The van der Waals surface area contributed by atoms with Crippen molar-refractivity contribution in [2.24, 2.45) is 0 Å². The van der Waals surface area contributed by atoms with Crippen molar-refractivity contribution in [3.63, 3.8) is 0 Å². The van der Waals surface area contributed by atoms with Crippen LogP contribution in [0.4, 0.5) is 0 Å². The van der Waals surface area contributed by atoms with Crippen LogP contribution < -0.4 is 21.3 Å². The van der Waals surface area contributed by atoms with Crippen LogP contribution in [0.3, 0.4) is 0 Å². The molecule has 5 nitrogen and oxygen atoms in total. The van der Waals surface area contributed by atoms with Crippen molar-refractivity contribution in [2.75, 3.05) is 45.8 Å². The molecule has 3 saturated heterocycles. The molecule has 3 fully saturated rings. The van der Waals surface area contributed by atoms with E-state index in [1.165, 1.54) is 32.4 Å². The van der Waals surface area contributed by atoms with Crippen molar-refractivity contribution in [2.45, 2.75) is 31.1 Å².